The molecule has 0 saturated carbocycles. The van der Waals surface area contributed by atoms with Gasteiger partial charge in [-0.05, 0) is 43.9 Å². The van der Waals surface area contributed by atoms with Crippen molar-refractivity contribution in [1.82, 2.24) is 15.1 Å². The number of hydrogen-bond acceptors (Lipinski definition) is 5. The Morgan fingerprint density at radius 2 is 1.96 bits per heavy atom. The fourth-order valence-corrected chi connectivity index (χ4v) is 3.23. The highest BCUT2D eigenvalue weighted by Crippen LogP contribution is 2.17. The highest BCUT2D eigenvalue weighted by Gasteiger charge is 2.21. The number of aromatic nitrogens is 2. The van der Waals surface area contributed by atoms with Gasteiger partial charge in [0.05, 0.1) is 0 Å². The monoisotopic (exact) mass is 342 g/mol. The van der Waals surface area contributed by atoms with E-state index in [9.17, 15) is 4.79 Å². The van der Waals surface area contributed by atoms with Gasteiger partial charge in [0.1, 0.15) is 5.03 Å². The van der Waals surface area contributed by atoms with E-state index in [4.69, 9.17) is 0 Å². The molecular formula is C18H22N4OS. The molecule has 3 rings (SSSR count). The Morgan fingerprint density at radius 3 is 2.67 bits per heavy atom. The summed E-state index contributed by atoms with van der Waals surface area (Å²) in [6.07, 6.45) is 2.92. The summed E-state index contributed by atoms with van der Waals surface area (Å²) in [5, 5.41) is 9.43. The van der Waals surface area contributed by atoms with Crippen molar-refractivity contribution in [1.29, 1.82) is 0 Å². The fourth-order valence-electron chi connectivity index (χ4n) is 2.90. The molecule has 0 bridgehead atoms. The lowest BCUT2D eigenvalue weighted by molar-refractivity contribution is 0.0767. The van der Waals surface area contributed by atoms with E-state index in [0.29, 0.717) is 6.54 Å². The van der Waals surface area contributed by atoms with Crippen molar-refractivity contribution in [2.45, 2.75) is 18.4 Å². The molecule has 0 N–H and O–H groups in total. The summed E-state index contributed by atoms with van der Waals surface area (Å²) in [7, 11) is 0. The van der Waals surface area contributed by atoms with Gasteiger partial charge in [-0.3, -0.25) is 4.79 Å². The van der Waals surface area contributed by atoms with Gasteiger partial charge >= 0.3 is 0 Å². The van der Waals surface area contributed by atoms with E-state index >= 15 is 0 Å². The molecule has 1 aliphatic rings. The molecule has 2 aromatic rings. The highest BCUT2D eigenvalue weighted by atomic mass is 32.2. The number of benzene rings is 1. The zero-order valence-electron chi connectivity index (χ0n) is 14.1. The molecule has 0 radical (unpaired) electrons. The zero-order chi connectivity index (χ0) is 16.9. The molecule has 1 amide bonds. The number of nitrogens with zero attached hydrogens (tertiary/aromatic N) is 4. The van der Waals surface area contributed by atoms with Gasteiger partial charge in [-0.15, -0.1) is 22.0 Å². The zero-order valence-corrected chi connectivity index (χ0v) is 14.9. The molecule has 126 valence electrons. The number of rotatable bonds is 3. The van der Waals surface area contributed by atoms with Crippen LogP contribution >= 0.6 is 11.8 Å². The molecule has 2 heterocycles. The van der Waals surface area contributed by atoms with E-state index in [2.05, 4.69) is 15.1 Å². The molecule has 6 heteroatoms. The normalized spacial score (nSPS) is 15.2. The lowest BCUT2D eigenvalue weighted by atomic mass is 10.1. The van der Waals surface area contributed by atoms with Crippen LogP contribution in [-0.4, -0.2) is 53.4 Å². The number of aryl methyl sites for hydroxylation is 1. The van der Waals surface area contributed by atoms with Crippen molar-refractivity contribution in [3.05, 3.63) is 47.5 Å². The predicted molar refractivity (Wildman–Crippen MR) is 97.7 cm³/mol. The standard InChI is InChI=1S/C18H22N4OS/c1-14-5-3-6-15(13-14)18(23)22-10-4-9-21(11-12-22)16-7-8-17(24-2)20-19-16/h3,5-8,13H,4,9-12H2,1-2H3. The van der Waals surface area contributed by atoms with Crippen molar-refractivity contribution < 1.29 is 4.79 Å². The van der Waals surface area contributed by atoms with E-state index in [1.807, 2.05) is 54.5 Å². The molecule has 24 heavy (non-hydrogen) atoms. The van der Waals surface area contributed by atoms with Crippen molar-refractivity contribution in [2.24, 2.45) is 0 Å². The maximum Gasteiger partial charge on any atom is 0.253 e. The molecule has 1 aliphatic heterocycles. The first-order chi connectivity index (χ1) is 11.7. The summed E-state index contributed by atoms with van der Waals surface area (Å²) in [5.41, 5.74) is 1.88. The molecule has 0 atom stereocenters. The van der Waals surface area contributed by atoms with E-state index in [-0.39, 0.29) is 5.91 Å². The van der Waals surface area contributed by atoms with Crippen LogP contribution in [0.1, 0.15) is 22.3 Å². The molecule has 0 aliphatic carbocycles. The minimum atomic E-state index is 0.115. The number of carbonyl (C=O) groups excluding carboxylic acids is 1. The second-order valence-corrected chi connectivity index (χ2v) is 6.76. The summed E-state index contributed by atoms with van der Waals surface area (Å²) >= 11 is 1.59. The van der Waals surface area contributed by atoms with Gasteiger partial charge < -0.3 is 9.80 Å². The second kappa shape index (κ2) is 7.66. The summed E-state index contributed by atoms with van der Waals surface area (Å²) in [4.78, 5) is 16.9. The first-order valence-corrected chi connectivity index (χ1v) is 9.38. The van der Waals surface area contributed by atoms with E-state index in [1.54, 1.807) is 11.8 Å². The average Bonchev–Trinajstić information content (AvgIpc) is 2.87. The lowest BCUT2D eigenvalue weighted by Crippen LogP contribution is -2.35. The predicted octanol–water partition coefficient (Wildman–Crippen LogP) is 2.86. The van der Waals surface area contributed by atoms with Crippen LogP contribution in [0.2, 0.25) is 0 Å². The average molecular weight is 342 g/mol. The second-order valence-electron chi connectivity index (χ2n) is 5.94. The van der Waals surface area contributed by atoms with E-state index in [0.717, 1.165) is 48.0 Å². The lowest BCUT2D eigenvalue weighted by Gasteiger charge is -2.22. The maximum absolute atomic E-state index is 12.7. The van der Waals surface area contributed by atoms with Gasteiger partial charge in [0.25, 0.3) is 5.91 Å². The van der Waals surface area contributed by atoms with Crippen molar-refractivity contribution in [2.75, 3.05) is 37.3 Å². The topological polar surface area (TPSA) is 49.3 Å². The Balaban J connectivity index is 1.67. The van der Waals surface area contributed by atoms with E-state index in [1.165, 1.54) is 0 Å². The number of carbonyl (C=O) groups is 1. The molecule has 5 nitrogen and oxygen atoms in total. The van der Waals surface area contributed by atoms with Gasteiger partial charge in [-0.25, -0.2) is 0 Å². The maximum atomic E-state index is 12.7. The largest absolute Gasteiger partial charge is 0.353 e. The Kier molecular flexibility index (Phi) is 5.35. The van der Waals surface area contributed by atoms with Crippen LogP contribution in [0.25, 0.3) is 0 Å². The van der Waals surface area contributed by atoms with Crippen LogP contribution in [0.4, 0.5) is 5.82 Å². The third-order valence-corrected chi connectivity index (χ3v) is 4.84. The Labute approximate surface area is 147 Å². The summed E-state index contributed by atoms with van der Waals surface area (Å²) in [6, 6.07) is 11.8. The highest BCUT2D eigenvalue weighted by molar-refractivity contribution is 7.98. The molecule has 1 aromatic heterocycles. The van der Waals surface area contributed by atoms with Crippen molar-refractivity contribution in [3.8, 4) is 0 Å². The molecule has 1 aromatic carbocycles. The number of anilines is 1. The molecule has 0 spiro atoms. The number of thioether (sulfide) groups is 1. The van der Waals surface area contributed by atoms with Crippen LogP contribution in [0.15, 0.2) is 41.4 Å². The number of amides is 1. The Hall–Kier alpha value is -2.08. The molecule has 0 unspecified atom stereocenters. The summed E-state index contributed by atoms with van der Waals surface area (Å²) in [6.45, 7) is 5.17. The van der Waals surface area contributed by atoms with Crippen LogP contribution in [0.3, 0.4) is 0 Å². The minimum Gasteiger partial charge on any atom is -0.353 e. The number of hydrogen-bond donors (Lipinski definition) is 0. The Bertz CT molecular complexity index is 704. The van der Waals surface area contributed by atoms with Gasteiger partial charge in [0.15, 0.2) is 5.82 Å². The summed E-state index contributed by atoms with van der Waals surface area (Å²) in [5.74, 6) is 1.00. The molecule has 1 saturated heterocycles. The van der Waals surface area contributed by atoms with Crippen LogP contribution in [0.5, 0.6) is 0 Å². The smallest absolute Gasteiger partial charge is 0.253 e. The quantitative estimate of drug-likeness (QED) is 0.803. The Morgan fingerprint density at radius 1 is 1.08 bits per heavy atom. The third kappa shape index (κ3) is 3.87. The van der Waals surface area contributed by atoms with Crippen LogP contribution in [-0.2, 0) is 0 Å². The first kappa shape index (κ1) is 16.8. The van der Waals surface area contributed by atoms with Gasteiger partial charge in [-0.2, -0.15) is 0 Å². The fraction of sp³-hybridized carbons (Fsp3) is 0.389. The van der Waals surface area contributed by atoms with Crippen LogP contribution in [0, 0.1) is 6.92 Å². The van der Waals surface area contributed by atoms with Crippen LogP contribution < -0.4 is 4.90 Å². The van der Waals surface area contributed by atoms with E-state index < -0.39 is 0 Å². The van der Waals surface area contributed by atoms with Crippen molar-refractivity contribution >= 4 is 23.5 Å². The third-order valence-electron chi connectivity index (χ3n) is 4.21. The van der Waals surface area contributed by atoms with Gasteiger partial charge in [-0.1, -0.05) is 17.7 Å². The molecule has 1 fully saturated rings. The summed E-state index contributed by atoms with van der Waals surface area (Å²) < 4.78 is 0. The van der Waals surface area contributed by atoms with Crippen molar-refractivity contribution in [3.63, 3.8) is 0 Å². The van der Waals surface area contributed by atoms with Gasteiger partial charge in [0, 0.05) is 31.7 Å². The van der Waals surface area contributed by atoms with Gasteiger partial charge in [0.2, 0.25) is 0 Å². The first-order valence-electron chi connectivity index (χ1n) is 8.16. The molecular weight excluding hydrogens is 320 g/mol. The SMILES string of the molecule is CSc1ccc(N2CCCN(C(=O)c3cccc(C)c3)CC2)nn1. The minimum absolute atomic E-state index is 0.115.